The lowest BCUT2D eigenvalue weighted by Crippen LogP contribution is -2.45. The van der Waals surface area contributed by atoms with E-state index in [1.54, 1.807) is 6.07 Å². The lowest BCUT2D eigenvalue weighted by atomic mass is 10.0. The number of nitro groups is 1. The zero-order chi connectivity index (χ0) is 20.3. The molecule has 0 aromatic heterocycles. The molecule has 2 fully saturated rings. The Balaban J connectivity index is 1.92. The Morgan fingerprint density at radius 2 is 1.75 bits per heavy atom. The van der Waals surface area contributed by atoms with E-state index < -0.39 is 14.9 Å². The normalized spacial score (nSPS) is 22.2. The Morgan fingerprint density at radius 1 is 1.07 bits per heavy atom. The highest BCUT2D eigenvalue weighted by molar-refractivity contribution is 7.89. The van der Waals surface area contributed by atoms with E-state index >= 15 is 0 Å². The molecule has 8 nitrogen and oxygen atoms in total. The number of rotatable bonds is 5. The number of anilines is 1. The largest absolute Gasteiger partial charge is 0.364 e. The van der Waals surface area contributed by atoms with E-state index in [1.807, 2.05) is 19.0 Å². The molecular formula is C19H30N4O4S. The molecule has 0 spiro atoms. The summed E-state index contributed by atoms with van der Waals surface area (Å²) >= 11 is 0. The molecule has 1 aromatic rings. The monoisotopic (exact) mass is 410 g/mol. The molecule has 0 N–H and O–H groups in total. The van der Waals surface area contributed by atoms with Gasteiger partial charge >= 0.3 is 0 Å². The van der Waals surface area contributed by atoms with Gasteiger partial charge in [0.25, 0.3) is 5.69 Å². The first kappa shape index (κ1) is 21.0. The topological polar surface area (TPSA) is 87.0 Å². The van der Waals surface area contributed by atoms with Crippen LogP contribution in [0.3, 0.4) is 0 Å². The number of likely N-dealkylation sites (N-methyl/N-ethyl adjacent to an activating group) is 1. The molecule has 28 heavy (non-hydrogen) atoms. The zero-order valence-corrected chi connectivity index (χ0v) is 17.5. The molecule has 2 aliphatic heterocycles. The first-order valence-corrected chi connectivity index (χ1v) is 11.4. The van der Waals surface area contributed by atoms with Gasteiger partial charge in [-0.25, -0.2) is 8.42 Å². The lowest BCUT2D eigenvalue weighted by Gasteiger charge is -2.37. The van der Waals surface area contributed by atoms with E-state index in [1.165, 1.54) is 16.4 Å². The molecule has 0 radical (unpaired) electrons. The number of nitrogens with zero attached hydrogens (tertiary/aromatic N) is 4. The van der Waals surface area contributed by atoms with Crippen molar-refractivity contribution in [2.45, 2.75) is 49.5 Å². The van der Waals surface area contributed by atoms with Crippen molar-refractivity contribution in [3.05, 3.63) is 28.3 Å². The number of piperidine rings is 1. The summed E-state index contributed by atoms with van der Waals surface area (Å²) in [6, 6.07) is 4.71. The number of hydrogen-bond acceptors (Lipinski definition) is 6. The van der Waals surface area contributed by atoms with Gasteiger partial charge in [-0.15, -0.1) is 0 Å². The molecule has 2 aliphatic rings. The van der Waals surface area contributed by atoms with Gasteiger partial charge in [-0.1, -0.05) is 12.8 Å². The van der Waals surface area contributed by atoms with E-state index in [4.69, 9.17) is 0 Å². The third kappa shape index (κ3) is 4.47. The highest BCUT2D eigenvalue weighted by Gasteiger charge is 2.31. The molecule has 0 aliphatic carbocycles. The summed E-state index contributed by atoms with van der Waals surface area (Å²) in [6.45, 7) is 2.40. The predicted molar refractivity (Wildman–Crippen MR) is 109 cm³/mol. The minimum atomic E-state index is -3.71. The molecule has 0 bridgehead atoms. The average Bonchev–Trinajstić information content (AvgIpc) is 2.97. The number of sulfonamides is 1. The highest BCUT2D eigenvalue weighted by Crippen LogP contribution is 2.34. The maximum absolute atomic E-state index is 13.0. The quantitative estimate of drug-likeness (QED) is 0.548. The van der Waals surface area contributed by atoms with Crippen molar-refractivity contribution in [3.8, 4) is 0 Å². The number of benzene rings is 1. The molecule has 0 saturated carbocycles. The van der Waals surface area contributed by atoms with Crippen LogP contribution < -0.4 is 4.90 Å². The summed E-state index contributed by atoms with van der Waals surface area (Å²) in [6.07, 6.45) is 5.71. The molecule has 2 saturated heterocycles. The second-order valence-corrected chi connectivity index (χ2v) is 9.87. The van der Waals surface area contributed by atoms with Gasteiger partial charge in [0.05, 0.1) is 9.82 Å². The summed E-state index contributed by atoms with van der Waals surface area (Å²) in [5, 5.41) is 11.8. The van der Waals surface area contributed by atoms with E-state index in [9.17, 15) is 18.5 Å². The summed E-state index contributed by atoms with van der Waals surface area (Å²) in [7, 11) is 0.316. The van der Waals surface area contributed by atoms with Crippen LogP contribution in [-0.4, -0.2) is 68.9 Å². The van der Waals surface area contributed by atoms with Crippen molar-refractivity contribution >= 4 is 21.4 Å². The van der Waals surface area contributed by atoms with E-state index in [-0.39, 0.29) is 10.6 Å². The van der Waals surface area contributed by atoms with E-state index in [0.717, 1.165) is 45.1 Å². The zero-order valence-electron chi connectivity index (χ0n) is 16.7. The molecule has 1 aromatic carbocycles. The van der Waals surface area contributed by atoms with Crippen LogP contribution >= 0.6 is 0 Å². The minimum Gasteiger partial charge on any atom is -0.364 e. The van der Waals surface area contributed by atoms with Crippen LogP contribution in [-0.2, 0) is 10.0 Å². The standard InChI is InChI=1S/C19H30N4O4S/c1-20(2)16-8-7-11-21(15-16)18-10-9-17(14-19(18)23(24)25)28(26,27)22-12-5-3-4-6-13-22/h9-10,14,16H,3-8,11-13,15H2,1-2H3. The fourth-order valence-electron chi connectivity index (χ4n) is 4.10. The number of hydrogen-bond donors (Lipinski definition) is 0. The second-order valence-electron chi connectivity index (χ2n) is 7.93. The van der Waals surface area contributed by atoms with Crippen molar-refractivity contribution in [1.82, 2.24) is 9.21 Å². The van der Waals surface area contributed by atoms with Gasteiger partial charge < -0.3 is 9.80 Å². The Morgan fingerprint density at radius 3 is 2.36 bits per heavy atom. The maximum Gasteiger partial charge on any atom is 0.293 e. The maximum atomic E-state index is 13.0. The van der Waals surface area contributed by atoms with Crippen LogP contribution in [0, 0.1) is 10.1 Å². The summed E-state index contributed by atoms with van der Waals surface area (Å²) in [5.41, 5.74) is 0.377. The highest BCUT2D eigenvalue weighted by atomic mass is 32.2. The predicted octanol–water partition coefficient (Wildman–Crippen LogP) is 2.69. The van der Waals surface area contributed by atoms with Gasteiger partial charge in [0.2, 0.25) is 10.0 Å². The van der Waals surface area contributed by atoms with Crippen LogP contribution in [0.1, 0.15) is 38.5 Å². The summed E-state index contributed by atoms with van der Waals surface area (Å²) in [5.74, 6) is 0. The fourth-order valence-corrected chi connectivity index (χ4v) is 5.64. The first-order valence-electron chi connectivity index (χ1n) is 10.0. The van der Waals surface area contributed by atoms with Crippen molar-refractivity contribution in [1.29, 1.82) is 0 Å². The molecule has 1 unspecified atom stereocenters. The third-order valence-electron chi connectivity index (χ3n) is 5.81. The van der Waals surface area contributed by atoms with Crippen molar-refractivity contribution in [3.63, 3.8) is 0 Å². The van der Waals surface area contributed by atoms with Gasteiger partial charge in [0.15, 0.2) is 0 Å². The molecule has 1 atom stereocenters. The Labute approximate surface area is 167 Å². The van der Waals surface area contributed by atoms with Crippen LogP contribution in [0.25, 0.3) is 0 Å². The van der Waals surface area contributed by atoms with Crippen molar-refractivity contribution in [2.24, 2.45) is 0 Å². The fraction of sp³-hybridized carbons (Fsp3) is 0.684. The van der Waals surface area contributed by atoms with Gasteiger partial charge in [-0.3, -0.25) is 10.1 Å². The smallest absolute Gasteiger partial charge is 0.293 e. The van der Waals surface area contributed by atoms with Crippen LogP contribution in [0.2, 0.25) is 0 Å². The Kier molecular flexibility index (Phi) is 6.57. The van der Waals surface area contributed by atoms with Crippen LogP contribution in [0.5, 0.6) is 0 Å². The van der Waals surface area contributed by atoms with Crippen molar-refractivity contribution < 1.29 is 13.3 Å². The van der Waals surface area contributed by atoms with Crippen LogP contribution in [0.15, 0.2) is 23.1 Å². The van der Waals surface area contributed by atoms with E-state index in [0.29, 0.717) is 31.4 Å². The first-order chi connectivity index (χ1) is 13.3. The average molecular weight is 411 g/mol. The molecular weight excluding hydrogens is 380 g/mol. The van der Waals surface area contributed by atoms with Gasteiger partial charge in [0, 0.05) is 38.3 Å². The third-order valence-corrected chi connectivity index (χ3v) is 7.71. The molecule has 9 heteroatoms. The van der Waals surface area contributed by atoms with Gasteiger partial charge in [0.1, 0.15) is 5.69 Å². The molecule has 156 valence electrons. The Bertz CT molecular complexity index is 804. The lowest BCUT2D eigenvalue weighted by molar-refractivity contribution is -0.384. The minimum absolute atomic E-state index is 0.0195. The van der Waals surface area contributed by atoms with Gasteiger partial charge in [-0.2, -0.15) is 4.31 Å². The SMILES string of the molecule is CN(C)C1CCCN(c2ccc(S(=O)(=O)N3CCCCCC3)cc2[N+](=O)[O-])C1. The second kappa shape index (κ2) is 8.75. The number of nitro benzene ring substituents is 1. The van der Waals surface area contributed by atoms with Crippen LogP contribution in [0.4, 0.5) is 11.4 Å². The molecule has 2 heterocycles. The summed E-state index contributed by atoms with van der Waals surface area (Å²) in [4.78, 5) is 15.5. The molecule has 3 rings (SSSR count). The van der Waals surface area contributed by atoms with Gasteiger partial charge in [-0.05, 0) is 51.9 Å². The molecule has 0 amide bonds. The summed E-state index contributed by atoms with van der Waals surface area (Å²) < 4.78 is 27.5. The van der Waals surface area contributed by atoms with Crippen molar-refractivity contribution in [2.75, 3.05) is 45.2 Å². The Hall–Kier alpha value is -1.71. The van der Waals surface area contributed by atoms with E-state index in [2.05, 4.69) is 4.90 Å².